The van der Waals surface area contributed by atoms with E-state index in [0.29, 0.717) is 5.92 Å². The highest BCUT2D eigenvalue weighted by Gasteiger charge is 2.20. The molecule has 64 valence electrons. The van der Waals surface area contributed by atoms with Crippen molar-refractivity contribution in [3.8, 4) is 0 Å². The molecule has 0 bridgehead atoms. The fourth-order valence-corrected chi connectivity index (χ4v) is 1.35. The van der Waals surface area contributed by atoms with E-state index in [9.17, 15) is 0 Å². The van der Waals surface area contributed by atoms with E-state index < -0.39 is 0 Å². The van der Waals surface area contributed by atoms with Gasteiger partial charge in [0.1, 0.15) is 0 Å². The van der Waals surface area contributed by atoms with Gasteiger partial charge in [-0.3, -0.25) is 4.98 Å². The molecule has 0 aromatic carbocycles. The zero-order valence-corrected chi connectivity index (χ0v) is 7.29. The molecule has 0 unspecified atom stereocenters. The minimum atomic E-state index is 0.601. The van der Waals surface area contributed by atoms with E-state index in [-0.39, 0.29) is 0 Å². The average molecular weight is 163 g/mol. The Morgan fingerprint density at radius 2 is 2.33 bits per heavy atom. The van der Waals surface area contributed by atoms with Crippen molar-refractivity contribution in [3.05, 3.63) is 29.6 Å². The van der Waals surface area contributed by atoms with E-state index in [1.54, 1.807) is 0 Å². The van der Waals surface area contributed by atoms with Crippen molar-refractivity contribution in [2.45, 2.75) is 19.3 Å². The van der Waals surface area contributed by atoms with Crippen molar-refractivity contribution in [2.75, 3.05) is 13.2 Å². The van der Waals surface area contributed by atoms with Crippen LogP contribution >= 0.6 is 0 Å². The first-order chi connectivity index (χ1) is 5.90. The van der Waals surface area contributed by atoms with E-state index in [4.69, 9.17) is 4.74 Å². The molecule has 0 spiro atoms. The Bertz CT molecular complexity index is 268. The largest absolute Gasteiger partial charge is 0.380 e. The molecule has 12 heavy (non-hydrogen) atoms. The Morgan fingerprint density at radius 1 is 1.50 bits per heavy atom. The van der Waals surface area contributed by atoms with Gasteiger partial charge in [-0.2, -0.15) is 0 Å². The number of aryl methyl sites for hydroxylation is 1. The van der Waals surface area contributed by atoms with Gasteiger partial charge in [0.2, 0.25) is 0 Å². The van der Waals surface area contributed by atoms with Gasteiger partial charge in [-0.1, -0.05) is 13.0 Å². The molecule has 2 heteroatoms. The molecule has 0 aliphatic carbocycles. The minimum Gasteiger partial charge on any atom is -0.380 e. The van der Waals surface area contributed by atoms with Gasteiger partial charge in [0.25, 0.3) is 0 Å². The van der Waals surface area contributed by atoms with Gasteiger partial charge in [0.15, 0.2) is 0 Å². The van der Waals surface area contributed by atoms with E-state index >= 15 is 0 Å². The summed E-state index contributed by atoms with van der Waals surface area (Å²) in [4.78, 5) is 4.20. The van der Waals surface area contributed by atoms with Crippen LogP contribution in [0, 0.1) is 0 Å². The zero-order chi connectivity index (χ0) is 8.39. The molecule has 0 amide bonds. The van der Waals surface area contributed by atoms with E-state index in [1.807, 2.05) is 12.4 Å². The smallest absolute Gasteiger partial charge is 0.0557 e. The summed E-state index contributed by atoms with van der Waals surface area (Å²) in [5, 5.41) is 0. The van der Waals surface area contributed by atoms with Crippen LogP contribution in [0.5, 0.6) is 0 Å². The van der Waals surface area contributed by atoms with Gasteiger partial charge in [-0.25, -0.2) is 0 Å². The normalized spacial score (nSPS) is 17.4. The Hall–Kier alpha value is -0.890. The lowest BCUT2D eigenvalue weighted by molar-refractivity contribution is 0.00826. The third-order valence-corrected chi connectivity index (χ3v) is 2.33. The molecule has 2 rings (SSSR count). The Morgan fingerprint density at radius 3 is 2.92 bits per heavy atom. The van der Waals surface area contributed by atoms with E-state index in [0.717, 1.165) is 19.6 Å². The number of aromatic nitrogens is 1. The lowest BCUT2D eigenvalue weighted by Crippen LogP contribution is -2.25. The summed E-state index contributed by atoms with van der Waals surface area (Å²) in [5.74, 6) is 0.601. The second-order valence-electron chi connectivity index (χ2n) is 3.21. The molecule has 2 heterocycles. The zero-order valence-electron chi connectivity index (χ0n) is 7.29. The first-order valence-electron chi connectivity index (χ1n) is 4.41. The molecule has 1 aliphatic heterocycles. The van der Waals surface area contributed by atoms with Crippen LogP contribution in [0.15, 0.2) is 18.5 Å². The fourth-order valence-electron chi connectivity index (χ4n) is 1.35. The highest BCUT2D eigenvalue weighted by Crippen LogP contribution is 2.23. The van der Waals surface area contributed by atoms with Crippen LogP contribution in [0.25, 0.3) is 0 Å². The van der Waals surface area contributed by atoms with E-state index in [2.05, 4.69) is 18.0 Å². The number of ether oxygens (including phenoxy) is 1. The van der Waals surface area contributed by atoms with Crippen molar-refractivity contribution in [2.24, 2.45) is 0 Å². The molecule has 0 atom stereocenters. The molecule has 1 aromatic heterocycles. The maximum absolute atomic E-state index is 5.14. The van der Waals surface area contributed by atoms with E-state index in [1.165, 1.54) is 11.1 Å². The van der Waals surface area contributed by atoms with Gasteiger partial charge in [0.05, 0.1) is 13.2 Å². The molecule has 1 fully saturated rings. The summed E-state index contributed by atoms with van der Waals surface area (Å²) in [5.41, 5.74) is 2.65. The second kappa shape index (κ2) is 3.23. The highest BCUT2D eigenvalue weighted by molar-refractivity contribution is 5.23. The molecule has 0 saturated carbocycles. The molecule has 1 saturated heterocycles. The van der Waals surface area contributed by atoms with Crippen LogP contribution in [0.3, 0.4) is 0 Å². The standard InChI is InChI=1S/C10H13NO/c1-2-8-3-9(5-11-4-8)10-6-12-7-10/h3-5,10H,2,6-7H2,1H3. The summed E-state index contributed by atoms with van der Waals surface area (Å²) in [6.07, 6.45) is 4.95. The first-order valence-corrected chi connectivity index (χ1v) is 4.41. The minimum absolute atomic E-state index is 0.601. The number of hydrogen-bond acceptors (Lipinski definition) is 2. The number of rotatable bonds is 2. The lowest BCUT2D eigenvalue weighted by Gasteiger charge is -2.26. The maximum Gasteiger partial charge on any atom is 0.0557 e. The fraction of sp³-hybridized carbons (Fsp3) is 0.500. The molecular formula is C10H13NO. The first kappa shape index (κ1) is 7.74. The molecule has 1 aliphatic rings. The predicted octanol–water partition coefficient (Wildman–Crippen LogP) is 1.76. The van der Waals surface area contributed by atoms with Gasteiger partial charge in [0, 0.05) is 18.3 Å². The number of pyridine rings is 1. The van der Waals surface area contributed by atoms with Gasteiger partial charge in [-0.05, 0) is 17.5 Å². The van der Waals surface area contributed by atoms with Crippen LogP contribution in [0.2, 0.25) is 0 Å². The van der Waals surface area contributed by atoms with Gasteiger partial charge >= 0.3 is 0 Å². The second-order valence-corrected chi connectivity index (χ2v) is 3.21. The van der Waals surface area contributed by atoms with Crippen LogP contribution in [-0.2, 0) is 11.2 Å². The summed E-state index contributed by atoms with van der Waals surface area (Å²) >= 11 is 0. The van der Waals surface area contributed by atoms with Crippen molar-refractivity contribution >= 4 is 0 Å². The van der Waals surface area contributed by atoms with Gasteiger partial charge < -0.3 is 4.74 Å². The van der Waals surface area contributed by atoms with Crippen LogP contribution in [-0.4, -0.2) is 18.2 Å². The summed E-state index contributed by atoms with van der Waals surface area (Å²) in [6, 6.07) is 2.24. The monoisotopic (exact) mass is 163 g/mol. The van der Waals surface area contributed by atoms with Crippen LogP contribution < -0.4 is 0 Å². The Labute approximate surface area is 72.6 Å². The van der Waals surface area contributed by atoms with Crippen molar-refractivity contribution < 1.29 is 4.74 Å². The molecular weight excluding hydrogens is 150 g/mol. The Kier molecular flexibility index (Phi) is 2.09. The predicted molar refractivity (Wildman–Crippen MR) is 47.2 cm³/mol. The molecule has 2 nitrogen and oxygen atoms in total. The summed E-state index contributed by atoms with van der Waals surface area (Å²) in [6.45, 7) is 3.89. The number of nitrogens with zero attached hydrogens (tertiary/aromatic N) is 1. The molecule has 1 aromatic rings. The Balaban J connectivity index is 2.19. The average Bonchev–Trinajstić information content (AvgIpc) is 2.02. The lowest BCUT2D eigenvalue weighted by atomic mass is 9.98. The van der Waals surface area contributed by atoms with Crippen LogP contribution in [0.1, 0.15) is 24.0 Å². The SMILES string of the molecule is CCc1cncc(C2COC2)c1. The highest BCUT2D eigenvalue weighted by atomic mass is 16.5. The topological polar surface area (TPSA) is 22.1 Å². The van der Waals surface area contributed by atoms with Crippen molar-refractivity contribution in [3.63, 3.8) is 0 Å². The van der Waals surface area contributed by atoms with Crippen molar-refractivity contribution in [1.82, 2.24) is 4.98 Å². The maximum atomic E-state index is 5.14. The van der Waals surface area contributed by atoms with Crippen LogP contribution in [0.4, 0.5) is 0 Å². The quantitative estimate of drug-likeness (QED) is 0.662. The molecule has 0 N–H and O–H groups in total. The summed E-state index contributed by atoms with van der Waals surface area (Å²) < 4.78 is 5.14. The third-order valence-electron chi connectivity index (χ3n) is 2.33. The van der Waals surface area contributed by atoms with Crippen molar-refractivity contribution in [1.29, 1.82) is 0 Å². The van der Waals surface area contributed by atoms with Gasteiger partial charge in [-0.15, -0.1) is 0 Å². The number of hydrogen-bond donors (Lipinski definition) is 0. The summed E-state index contributed by atoms with van der Waals surface area (Å²) in [7, 11) is 0. The molecule has 0 radical (unpaired) electrons. The third kappa shape index (κ3) is 1.34.